The third-order valence-electron chi connectivity index (χ3n) is 6.57. The molecule has 1 unspecified atom stereocenters. The minimum Gasteiger partial charge on any atom is -0.406 e. The fourth-order valence-electron chi connectivity index (χ4n) is 4.73. The monoisotopic (exact) mass is 569 g/mol. The van der Waals surface area contributed by atoms with Crippen LogP contribution in [0.1, 0.15) is 31.4 Å². The van der Waals surface area contributed by atoms with E-state index in [1.165, 1.54) is 36.7 Å². The second-order valence-corrected chi connectivity index (χ2v) is 9.80. The molecule has 2 heterocycles. The van der Waals surface area contributed by atoms with Crippen molar-refractivity contribution in [3.05, 3.63) is 71.4 Å². The third kappa shape index (κ3) is 7.59. The van der Waals surface area contributed by atoms with Crippen molar-refractivity contribution in [1.29, 1.82) is 0 Å². The Balaban J connectivity index is 1.61. The quantitative estimate of drug-likeness (QED) is 0.507. The molecule has 4 rings (SSSR count). The number of ether oxygens (including phenoxy) is 1. The van der Waals surface area contributed by atoms with Crippen LogP contribution in [0, 0.1) is 0 Å². The Morgan fingerprint density at radius 1 is 1.10 bits per heavy atom. The van der Waals surface area contributed by atoms with Crippen LogP contribution >= 0.6 is 0 Å². The van der Waals surface area contributed by atoms with Gasteiger partial charge in [-0.25, -0.2) is 4.99 Å². The standard InChI is InChI=1S/C29H30F3N5O4/c1-18(2)37-24-9-5-3-7-19(24)11-12-22(28(37)40)35-27(39)23(36-26(38)21-13-14-33-15-16-34-21)17-20-8-4-6-10-25(20)41-29(30,31)32/h3-10,13,15-16,18,22-23H,11-12,14,17H2,1-2H3,(H,35,39)(H,36,38)/t22-,23?/m1/s1. The molecule has 0 aliphatic carbocycles. The Labute approximate surface area is 235 Å². The zero-order valence-corrected chi connectivity index (χ0v) is 22.5. The zero-order chi connectivity index (χ0) is 29.6. The van der Waals surface area contributed by atoms with Crippen LogP contribution < -0.4 is 20.3 Å². The van der Waals surface area contributed by atoms with E-state index in [-0.39, 0.29) is 36.2 Å². The summed E-state index contributed by atoms with van der Waals surface area (Å²) in [7, 11) is 0. The highest BCUT2D eigenvalue weighted by molar-refractivity contribution is 6.17. The highest BCUT2D eigenvalue weighted by atomic mass is 19.4. The molecule has 0 saturated carbocycles. The van der Waals surface area contributed by atoms with Gasteiger partial charge in [0.1, 0.15) is 23.5 Å². The number of nitrogens with one attached hydrogen (secondary N) is 2. The van der Waals surface area contributed by atoms with Crippen LogP contribution in [0.5, 0.6) is 5.75 Å². The second kappa shape index (κ2) is 12.8. The maximum absolute atomic E-state index is 13.7. The Morgan fingerprint density at radius 2 is 1.83 bits per heavy atom. The van der Waals surface area contributed by atoms with Gasteiger partial charge in [0, 0.05) is 30.6 Å². The van der Waals surface area contributed by atoms with Crippen LogP contribution in [-0.2, 0) is 27.2 Å². The molecule has 2 aliphatic rings. The first-order chi connectivity index (χ1) is 19.5. The van der Waals surface area contributed by atoms with Crippen molar-refractivity contribution in [3.8, 4) is 5.75 Å². The first kappa shape index (κ1) is 29.5. The SMILES string of the molecule is CC(C)N1C(=O)[C@H](NC(=O)C(Cc2ccccc2OC(F)(F)F)NC(=O)C2=CCN=CC=N2)CCc2ccccc21. The predicted octanol–water partition coefficient (Wildman–Crippen LogP) is 3.52. The summed E-state index contributed by atoms with van der Waals surface area (Å²) in [5.74, 6) is -2.27. The summed E-state index contributed by atoms with van der Waals surface area (Å²) in [5, 5.41) is 5.32. The van der Waals surface area contributed by atoms with Crippen molar-refractivity contribution in [1.82, 2.24) is 10.6 Å². The lowest BCUT2D eigenvalue weighted by atomic mass is 10.0. The molecule has 2 N–H and O–H groups in total. The second-order valence-electron chi connectivity index (χ2n) is 9.80. The van der Waals surface area contributed by atoms with Crippen molar-refractivity contribution < 1.29 is 32.3 Å². The lowest BCUT2D eigenvalue weighted by molar-refractivity contribution is -0.274. The largest absolute Gasteiger partial charge is 0.573 e. The molecule has 2 aromatic rings. The number of para-hydroxylation sites is 2. The number of amides is 3. The number of halogens is 3. The number of rotatable bonds is 8. The summed E-state index contributed by atoms with van der Waals surface area (Å²) in [4.78, 5) is 50.0. The zero-order valence-electron chi connectivity index (χ0n) is 22.5. The van der Waals surface area contributed by atoms with Gasteiger partial charge in [0.2, 0.25) is 11.8 Å². The summed E-state index contributed by atoms with van der Waals surface area (Å²) >= 11 is 0. The highest BCUT2D eigenvalue weighted by Gasteiger charge is 2.36. The molecule has 216 valence electrons. The number of hydrogen-bond donors (Lipinski definition) is 2. The van der Waals surface area contributed by atoms with E-state index in [2.05, 4.69) is 25.4 Å². The van der Waals surface area contributed by atoms with Gasteiger partial charge in [-0.15, -0.1) is 13.2 Å². The fraction of sp³-hybridized carbons (Fsp3) is 0.345. The Bertz CT molecular complexity index is 1390. The molecular weight excluding hydrogens is 539 g/mol. The van der Waals surface area contributed by atoms with E-state index in [4.69, 9.17) is 0 Å². The molecule has 2 atom stereocenters. The summed E-state index contributed by atoms with van der Waals surface area (Å²) in [6, 6.07) is 10.4. The van der Waals surface area contributed by atoms with Gasteiger partial charge in [0.25, 0.3) is 5.91 Å². The smallest absolute Gasteiger partial charge is 0.406 e. The Kier molecular flexibility index (Phi) is 9.21. The predicted molar refractivity (Wildman–Crippen MR) is 148 cm³/mol. The van der Waals surface area contributed by atoms with Crippen LogP contribution in [0.2, 0.25) is 0 Å². The first-order valence-corrected chi connectivity index (χ1v) is 13.1. The Hall–Kier alpha value is -4.48. The molecule has 41 heavy (non-hydrogen) atoms. The maximum Gasteiger partial charge on any atom is 0.573 e. The van der Waals surface area contributed by atoms with Gasteiger partial charge in [0.05, 0.1) is 6.54 Å². The molecular formula is C29H30F3N5O4. The molecule has 9 nitrogen and oxygen atoms in total. The van der Waals surface area contributed by atoms with E-state index in [0.29, 0.717) is 12.8 Å². The number of aliphatic imine (C=N–C) groups is 2. The highest BCUT2D eigenvalue weighted by Crippen LogP contribution is 2.30. The molecule has 2 aliphatic heterocycles. The summed E-state index contributed by atoms with van der Waals surface area (Å²) in [5.41, 5.74) is 1.74. The number of hydrogen-bond acceptors (Lipinski definition) is 6. The van der Waals surface area contributed by atoms with Crippen molar-refractivity contribution in [2.45, 2.75) is 57.6 Å². The van der Waals surface area contributed by atoms with Crippen LogP contribution in [0.4, 0.5) is 18.9 Å². The summed E-state index contributed by atoms with van der Waals surface area (Å²) in [6.07, 6.45) is -0.295. The van der Waals surface area contributed by atoms with Gasteiger partial charge in [-0.1, -0.05) is 36.4 Å². The van der Waals surface area contributed by atoms with E-state index < -0.39 is 36.0 Å². The van der Waals surface area contributed by atoms with Gasteiger partial charge in [-0.2, -0.15) is 0 Å². The van der Waals surface area contributed by atoms with E-state index in [0.717, 1.165) is 17.3 Å². The molecule has 3 amide bonds. The van der Waals surface area contributed by atoms with Crippen molar-refractivity contribution >= 4 is 35.8 Å². The van der Waals surface area contributed by atoms with E-state index >= 15 is 0 Å². The molecule has 2 aromatic carbocycles. The van der Waals surface area contributed by atoms with E-state index in [1.807, 2.05) is 38.1 Å². The minimum atomic E-state index is -4.96. The number of fused-ring (bicyclic) bond motifs is 1. The molecule has 0 aromatic heterocycles. The van der Waals surface area contributed by atoms with Crippen LogP contribution in [0.3, 0.4) is 0 Å². The number of alkyl halides is 3. The van der Waals surface area contributed by atoms with E-state index in [1.54, 1.807) is 4.90 Å². The van der Waals surface area contributed by atoms with Crippen molar-refractivity contribution in [2.75, 3.05) is 11.4 Å². The number of nitrogens with zero attached hydrogens (tertiary/aromatic N) is 3. The summed E-state index contributed by atoms with van der Waals surface area (Å²) in [6.45, 7) is 3.92. The van der Waals surface area contributed by atoms with Crippen LogP contribution in [-0.4, -0.2) is 61.2 Å². The number of benzene rings is 2. The average molecular weight is 570 g/mol. The molecule has 0 fully saturated rings. The minimum absolute atomic E-state index is 0.00731. The van der Waals surface area contributed by atoms with Gasteiger partial charge < -0.3 is 20.3 Å². The van der Waals surface area contributed by atoms with E-state index in [9.17, 15) is 27.6 Å². The number of carbonyl (C=O) groups excluding carboxylic acids is 3. The normalized spacial score (nSPS) is 17.7. The molecule has 0 bridgehead atoms. The van der Waals surface area contributed by atoms with Gasteiger partial charge in [0.15, 0.2) is 0 Å². The lowest BCUT2D eigenvalue weighted by Gasteiger charge is -2.30. The van der Waals surface area contributed by atoms with Crippen molar-refractivity contribution in [2.24, 2.45) is 9.98 Å². The number of anilines is 1. The lowest BCUT2D eigenvalue weighted by Crippen LogP contribution is -2.55. The topological polar surface area (TPSA) is 112 Å². The van der Waals surface area contributed by atoms with Crippen molar-refractivity contribution in [3.63, 3.8) is 0 Å². The number of carbonyl (C=O) groups is 3. The summed E-state index contributed by atoms with van der Waals surface area (Å²) < 4.78 is 43.4. The van der Waals surface area contributed by atoms with Gasteiger partial charge in [-0.05, 0) is 56.0 Å². The molecule has 0 saturated heterocycles. The third-order valence-corrected chi connectivity index (χ3v) is 6.57. The fourth-order valence-corrected chi connectivity index (χ4v) is 4.73. The molecule has 12 heteroatoms. The number of aryl methyl sites for hydroxylation is 1. The molecule has 0 radical (unpaired) electrons. The van der Waals surface area contributed by atoms with Gasteiger partial charge >= 0.3 is 6.36 Å². The van der Waals surface area contributed by atoms with Gasteiger partial charge in [-0.3, -0.25) is 19.4 Å². The maximum atomic E-state index is 13.7. The van der Waals surface area contributed by atoms with Crippen LogP contribution in [0.15, 0.2) is 70.3 Å². The Morgan fingerprint density at radius 3 is 2.59 bits per heavy atom. The molecule has 0 spiro atoms. The average Bonchev–Trinajstić information content (AvgIpc) is 3.27. The first-order valence-electron chi connectivity index (χ1n) is 13.1. The van der Waals surface area contributed by atoms with Crippen LogP contribution in [0.25, 0.3) is 0 Å².